The van der Waals surface area contributed by atoms with Gasteiger partial charge in [-0.05, 0) is 28.1 Å². The highest BCUT2D eigenvalue weighted by Crippen LogP contribution is 2.36. The minimum atomic E-state index is -0.421. The molecule has 1 heterocycles. The maximum Gasteiger partial charge on any atom is 0.228 e. The van der Waals surface area contributed by atoms with Crippen LogP contribution in [0.5, 0.6) is 0 Å². The monoisotopic (exact) mass is 350 g/mol. The van der Waals surface area contributed by atoms with E-state index in [2.05, 4.69) is 31.9 Å². The highest BCUT2D eigenvalue weighted by atomic mass is 79.9. The summed E-state index contributed by atoms with van der Waals surface area (Å²) >= 11 is 6.61. The van der Waals surface area contributed by atoms with Crippen molar-refractivity contribution >= 4 is 49.1 Å². The summed E-state index contributed by atoms with van der Waals surface area (Å²) in [4.78, 5) is 13.4. The van der Waals surface area contributed by atoms with Crippen LogP contribution in [0.4, 0.5) is 15.8 Å². The minimum Gasteiger partial charge on any atom is -0.397 e. The van der Waals surface area contributed by atoms with E-state index in [1.807, 2.05) is 0 Å². The zero-order valence-corrected chi connectivity index (χ0v) is 11.4. The van der Waals surface area contributed by atoms with Crippen molar-refractivity contribution in [1.29, 1.82) is 0 Å². The second-order valence-electron chi connectivity index (χ2n) is 3.63. The molecule has 1 amide bonds. The molecule has 1 saturated heterocycles. The molecule has 0 radical (unpaired) electrons. The molecule has 6 heteroatoms. The summed E-state index contributed by atoms with van der Waals surface area (Å²) < 4.78 is 13.5. The number of nitrogens with zero attached hydrogens (tertiary/aromatic N) is 1. The molecule has 1 atom stereocenters. The SMILES string of the molecule is Nc1cc(F)cc(Br)c1N1CC(Br)CC1=O. The van der Waals surface area contributed by atoms with Crippen molar-refractivity contribution in [3.8, 4) is 0 Å². The fraction of sp³-hybridized carbons (Fsp3) is 0.300. The van der Waals surface area contributed by atoms with Crippen LogP contribution >= 0.6 is 31.9 Å². The van der Waals surface area contributed by atoms with E-state index in [4.69, 9.17) is 5.73 Å². The van der Waals surface area contributed by atoms with Crippen molar-refractivity contribution < 1.29 is 9.18 Å². The fourth-order valence-electron chi connectivity index (χ4n) is 1.75. The average molecular weight is 352 g/mol. The Balaban J connectivity index is 2.44. The lowest BCUT2D eigenvalue weighted by atomic mass is 10.2. The van der Waals surface area contributed by atoms with E-state index in [-0.39, 0.29) is 16.4 Å². The molecular weight excluding hydrogens is 343 g/mol. The third kappa shape index (κ3) is 2.08. The molecule has 0 bridgehead atoms. The Morgan fingerprint density at radius 1 is 1.50 bits per heavy atom. The zero-order valence-electron chi connectivity index (χ0n) is 8.21. The Morgan fingerprint density at radius 2 is 2.19 bits per heavy atom. The summed E-state index contributed by atoms with van der Waals surface area (Å²) in [5, 5.41) is 0. The minimum absolute atomic E-state index is 0.0131. The molecule has 1 unspecified atom stereocenters. The van der Waals surface area contributed by atoms with Crippen LogP contribution in [-0.4, -0.2) is 17.3 Å². The molecule has 2 N–H and O–H groups in total. The molecular formula is C10H9Br2FN2O. The van der Waals surface area contributed by atoms with Gasteiger partial charge in [0.25, 0.3) is 0 Å². The number of halogens is 3. The van der Waals surface area contributed by atoms with Crippen molar-refractivity contribution in [3.05, 3.63) is 22.4 Å². The van der Waals surface area contributed by atoms with Crippen LogP contribution in [0.1, 0.15) is 6.42 Å². The van der Waals surface area contributed by atoms with Crippen LogP contribution in [0.25, 0.3) is 0 Å². The first-order chi connectivity index (χ1) is 7.49. The van der Waals surface area contributed by atoms with Crippen LogP contribution in [-0.2, 0) is 4.79 Å². The second kappa shape index (κ2) is 4.33. The van der Waals surface area contributed by atoms with Gasteiger partial charge in [0.1, 0.15) is 5.82 Å². The van der Waals surface area contributed by atoms with Crippen molar-refractivity contribution in [2.45, 2.75) is 11.2 Å². The van der Waals surface area contributed by atoms with Gasteiger partial charge in [-0.2, -0.15) is 0 Å². The second-order valence-corrected chi connectivity index (χ2v) is 5.78. The summed E-state index contributed by atoms with van der Waals surface area (Å²) in [5.41, 5.74) is 6.55. The molecule has 1 aromatic carbocycles. The van der Waals surface area contributed by atoms with Crippen molar-refractivity contribution in [3.63, 3.8) is 0 Å². The van der Waals surface area contributed by atoms with Crippen molar-refractivity contribution in [1.82, 2.24) is 0 Å². The highest BCUT2D eigenvalue weighted by Gasteiger charge is 2.31. The number of carbonyl (C=O) groups excluding carboxylic acids is 1. The van der Waals surface area contributed by atoms with Crippen LogP contribution < -0.4 is 10.6 Å². The number of hydrogen-bond acceptors (Lipinski definition) is 2. The summed E-state index contributed by atoms with van der Waals surface area (Å²) in [6.07, 6.45) is 0.434. The summed E-state index contributed by atoms with van der Waals surface area (Å²) in [6.45, 7) is 0.549. The van der Waals surface area contributed by atoms with Crippen LogP contribution in [0, 0.1) is 5.82 Å². The number of nitrogen functional groups attached to an aromatic ring is 1. The van der Waals surface area contributed by atoms with Gasteiger partial charge in [0.05, 0.1) is 11.4 Å². The van der Waals surface area contributed by atoms with Gasteiger partial charge in [-0.3, -0.25) is 4.79 Å². The number of anilines is 2. The van der Waals surface area contributed by atoms with Gasteiger partial charge in [0.2, 0.25) is 5.91 Å². The number of hydrogen-bond donors (Lipinski definition) is 1. The Hall–Kier alpha value is -0.620. The topological polar surface area (TPSA) is 46.3 Å². The van der Waals surface area contributed by atoms with E-state index >= 15 is 0 Å². The number of rotatable bonds is 1. The number of carbonyl (C=O) groups is 1. The van der Waals surface area contributed by atoms with Gasteiger partial charge in [0.15, 0.2) is 0 Å². The predicted molar refractivity (Wildman–Crippen MR) is 68.2 cm³/mol. The van der Waals surface area contributed by atoms with E-state index < -0.39 is 5.82 Å². The Kier molecular flexibility index (Phi) is 3.21. The van der Waals surface area contributed by atoms with E-state index in [1.54, 1.807) is 4.90 Å². The molecule has 1 aromatic rings. The Morgan fingerprint density at radius 3 is 2.69 bits per heavy atom. The number of amides is 1. The quantitative estimate of drug-likeness (QED) is 0.624. The Bertz CT molecular complexity index is 429. The number of benzene rings is 1. The largest absolute Gasteiger partial charge is 0.397 e. The molecule has 0 aliphatic carbocycles. The summed E-state index contributed by atoms with van der Waals surface area (Å²) in [6, 6.07) is 2.52. The fourth-order valence-corrected chi connectivity index (χ4v) is 2.98. The van der Waals surface area contributed by atoms with E-state index in [9.17, 15) is 9.18 Å². The van der Waals surface area contributed by atoms with Crippen LogP contribution in [0.15, 0.2) is 16.6 Å². The molecule has 16 heavy (non-hydrogen) atoms. The molecule has 1 aliphatic rings. The van der Waals surface area contributed by atoms with Gasteiger partial charge in [-0.15, -0.1) is 0 Å². The molecule has 1 fully saturated rings. The zero-order chi connectivity index (χ0) is 11.9. The molecule has 0 aromatic heterocycles. The summed E-state index contributed by atoms with van der Waals surface area (Å²) in [5.74, 6) is -0.434. The Labute approximate surface area is 109 Å². The predicted octanol–water partition coefficient (Wildman–Crippen LogP) is 2.67. The number of nitrogens with two attached hydrogens (primary N) is 1. The molecule has 86 valence electrons. The van der Waals surface area contributed by atoms with Gasteiger partial charge in [0, 0.05) is 22.3 Å². The molecule has 3 nitrogen and oxygen atoms in total. The third-order valence-electron chi connectivity index (χ3n) is 2.41. The van der Waals surface area contributed by atoms with Crippen molar-refractivity contribution in [2.75, 3.05) is 17.2 Å². The van der Waals surface area contributed by atoms with E-state index in [0.717, 1.165) is 0 Å². The normalized spacial score (nSPS) is 20.6. The lowest BCUT2D eigenvalue weighted by Gasteiger charge is -2.19. The van der Waals surface area contributed by atoms with Gasteiger partial charge < -0.3 is 10.6 Å². The average Bonchev–Trinajstić information content (AvgIpc) is 2.43. The van der Waals surface area contributed by atoms with E-state index in [1.165, 1.54) is 12.1 Å². The molecule has 0 spiro atoms. The van der Waals surface area contributed by atoms with Crippen LogP contribution in [0.2, 0.25) is 0 Å². The van der Waals surface area contributed by atoms with Gasteiger partial charge >= 0.3 is 0 Å². The maximum atomic E-state index is 13.0. The lowest BCUT2D eigenvalue weighted by molar-refractivity contribution is -0.117. The number of alkyl halides is 1. The third-order valence-corrected chi connectivity index (χ3v) is 3.62. The molecule has 2 rings (SSSR count). The van der Waals surface area contributed by atoms with E-state index in [0.29, 0.717) is 23.1 Å². The first-order valence-electron chi connectivity index (χ1n) is 4.68. The highest BCUT2D eigenvalue weighted by molar-refractivity contribution is 9.10. The standard InChI is InChI=1S/C10H9Br2FN2O/c11-5-1-9(16)15(4-5)10-7(12)2-6(13)3-8(10)14/h2-3,5H,1,4,14H2. The van der Waals surface area contributed by atoms with Gasteiger partial charge in [-0.25, -0.2) is 4.39 Å². The maximum absolute atomic E-state index is 13.0. The first-order valence-corrected chi connectivity index (χ1v) is 6.39. The lowest BCUT2D eigenvalue weighted by Crippen LogP contribution is -2.26. The molecule has 0 saturated carbocycles. The van der Waals surface area contributed by atoms with Crippen LogP contribution in [0.3, 0.4) is 0 Å². The van der Waals surface area contributed by atoms with Crippen molar-refractivity contribution in [2.24, 2.45) is 0 Å². The van der Waals surface area contributed by atoms with Gasteiger partial charge in [-0.1, -0.05) is 15.9 Å². The smallest absolute Gasteiger partial charge is 0.228 e. The first kappa shape index (κ1) is 11.9. The summed E-state index contributed by atoms with van der Waals surface area (Å²) in [7, 11) is 0. The molecule has 1 aliphatic heterocycles.